The van der Waals surface area contributed by atoms with Crippen molar-refractivity contribution in [3.63, 3.8) is 0 Å². The van der Waals surface area contributed by atoms with Crippen LogP contribution in [0.15, 0.2) is 0 Å². The van der Waals surface area contributed by atoms with Crippen molar-refractivity contribution in [3.8, 4) is 0 Å². The number of hydrogen-bond donors (Lipinski definition) is 0. The maximum Gasteiger partial charge on any atom is 0.248 e. The molecular weight excluding hydrogens is 188 g/mol. The molecule has 13 heavy (non-hydrogen) atoms. The topological polar surface area (TPSA) is 18.5 Å². The minimum absolute atomic E-state index is 0.593. The first-order valence-corrected chi connectivity index (χ1v) is 5.53. The van der Waals surface area contributed by atoms with Crippen LogP contribution in [0.25, 0.3) is 0 Å². The number of unbranched alkanes of at least 4 members (excludes halogenated alkanes) is 2. The molecular formula is C10H21ClO2. The third-order valence-corrected chi connectivity index (χ3v) is 2.21. The first-order valence-electron chi connectivity index (χ1n) is 5.15. The number of halogens is 1. The molecule has 0 radical (unpaired) electrons. The molecule has 0 aromatic rings. The summed E-state index contributed by atoms with van der Waals surface area (Å²) in [4.78, 5) is 0. The van der Waals surface area contributed by atoms with E-state index in [2.05, 4.69) is 6.92 Å². The summed E-state index contributed by atoms with van der Waals surface area (Å²) in [5.41, 5.74) is 0. The lowest BCUT2D eigenvalue weighted by molar-refractivity contribution is -0.176. The molecule has 0 bridgehead atoms. The molecule has 2 nitrogen and oxygen atoms in total. The van der Waals surface area contributed by atoms with Crippen molar-refractivity contribution in [1.82, 2.24) is 0 Å². The minimum atomic E-state index is -0.876. The Labute approximate surface area is 86.6 Å². The molecule has 0 rings (SSSR count). The van der Waals surface area contributed by atoms with Gasteiger partial charge >= 0.3 is 0 Å². The summed E-state index contributed by atoms with van der Waals surface area (Å²) in [5, 5.41) is -0.876. The number of ether oxygens (including phenoxy) is 2. The summed E-state index contributed by atoms with van der Waals surface area (Å²) in [6.45, 7) is 7.20. The Morgan fingerprint density at radius 3 is 1.92 bits per heavy atom. The van der Waals surface area contributed by atoms with E-state index in [1.165, 1.54) is 12.8 Å². The highest BCUT2D eigenvalue weighted by atomic mass is 35.5. The van der Waals surface area contributed by atoms with E-state index in [1.807, 2.05) is 13.8 Å². The van der Waals surface area contributed by atoms with Gasteiger partial charge < -0.3 is 9.47 Å². The lowest BCUT2D eigenvalue weighted by Gasteiger charge is -2.26. The zero-order valence-electron chi connectivity index (χ0n) is 8.94. The van der Waals surface area contributed by atoms with Crippen LogP contribution in [-0.4, -0.2) is 18.5 Å². The van der Waals surface area contributed by atoms with Gasteiger partial charge in [0.05, 0.1) is 0 Å². The van der Waals surface area contributed by atoms with Gasteiger partial charge in [0.15, 0.2) is 0 Å². The molecule has 0 saturated carbocycles. The highest BCUT2D eigenvalue weighted by molar-refractivity contribution is 6.21. The van der Waals surface area contributed by atoms with Crippen molar-refractivity contribution in [1.29, 1.82) is 0 Å². The van der Waals surface area contributed by atoms with Crippen molar-refractivity contribution in [3.05, 3.63) is 0 Å². The van der Waals surface area contributed by atoms with E-state index in [4.69, 9.17) is 21.1 Å². The van der Waals surface area contributed by atoms with Gasteiger partial charge in [-0.2, -0.15) is 0 Å². The predicted molar refractivity (Wildman–Crippen MR) is 56.0 cm³/mol. The summed E-state index contributed by atoms with van der Waals surface area (Å²) < 4.78 is 10.7. The van der Waals surface area contributed by atoms with Crippen LogP contribution in [0.5, 0.6) is 0 Å². The Hall–Kier alpha value is 0.210. The lowest BCUT2D eigenvalue weighted by atomic mass is 10.2. The third kappa shape index (κ3) is 6.30. The molecule has 0 saturated heterocycles. The molecule has 0 heterocycles. The first-order chi connectivity index (χ1) is 6.18. The number of hydrogen-bond acceptors (Lipinski definition) is 2. The molecule has 0 fully saturated rings. The molecule has 0 spiro atoms. The van der Waals surface area contributed by atoms with Gasteiger partial charge in [0, 0.05) is 19.6 Å². The van der Waals surface area contributed by atoms with Gasteiger partial charge in [-0.15, -0.1) is 0 Å². The van der Waals surface area contributed by atoms with Gasteiger partial charge in [-0.1, -0.05) is 31.4 Å². The van der Waals surface area contributed by atoms with Crippen molar-refractivity contribution in [2.45, 2.75) is 51.7 Å². The molecule has 0 unspecified atom stereocenters. The maximum absolute atomic E-state index is 6.13. The summed E-state index contributed by atoms with van der Waals surface area (Å²) in [6.07, 6.45) is 4.18. The number of alkyl halides is 1. The Morgan fingerprint density at radius 1 is 1.00 bits per heavy atom. The van der Waals surface area contributed by atoms with Crippen molar-refractivity contribution >= 4 is 11.6 Å². The van der Waals surface area contributed by atoms with Crippen LogP contribution in [0.4, 0.5) is 0 Å². The summed E-state index contributed by atoms with van der Waals surface area (Å²) in [7, 11) is 0. The molecule has 0 amide bonds. The average Bonchev–Trinajstić information content (AvgIpc) is 2.05. The fourth-order valence-electron chi connectivity index (χ4n) is 1.20. The molecule has 0 aliphatic carbocycles. The van der Waals surface area contributed by atoms with Gasteiger partial charge in [0.2, 0.25) is 5.25 Å². The fraction of sp³-hybridized carbons (Fsp3) is 1.00. The van der Waals surface area contributed by atoms with E-state index in [0.717, 1.165) is 12.8 Å². The summed E-state index contributed by atoms with van der Waals surface area (Å²) in [6, 6.07) is 0. The molecule has 0 aliphatic rings. The highest BCUT2D eigenvalue weighted by Crippen LogP contribution is 2.26. The minimum Gasteiger partial charge on any atom is -0.338 e. The normalized spacial score (nSPS) is 12.0. The average molecular weight is 209 g/mol. The van der Waals surface area contributed by atoms with E-state index in [1.54, 1.807) is 0 Å². The zero-order chi connectivity index (χ0) is 10.2. The second-order valence-electron chi connectivity index (χ2n) is 2.98. The third-order valence-electron chi connectivity index (χ3n) is 1.80. The Bertz CT molecular complexity index is 111. The van der Waals surface area contributed by atoms with Gasteiger partial charge in [0.1, 0.15) is 0 Å². The summed E-state index contributed by atoms with van der Waals surface area (Å²) >= 11 is 6.13. The van der Waals surface area contributed by atoms with Gasteiger partial charge in [-0.25, -0.2) is 0 Å². The predicted octanol–water partition coefficient (Wildman–Crippen LogP) is 3.53. The molecule has 0 aliphatic heterocycles. The van der Waals surface area contributed by atoms with Crippen molar-refractivity contribution in [2.75, 3.05) is 13.2 Å². The van der Waals surface area contributed by atoms with Crippen LogP contribution in [0.3, 0.4) is 0 Å². The van der Waals surface area contributed by atoms with Crippen LogP contribution < -0.4 is 0 Å². The van der Waals surface area contributed by atoms with Crippen LogP contribution >= 0.6 is 11.6 Å². The number of rotatable bonds is 8. The van der Waals surface area contributed by atoms with Crippen LogP contribution in [0, 0.1) is 0 Å². The Morgan fingerprint density at radius 2 is 1.54 bits per heavy atom. The molecule has 0 atom stereocenters. The fourth-order valence-corrected chi connectivity index (χ4v) is 1.56. The zero-order valence-corrected chi connectivity index (χ0v) is 9.69. The molecule has 0 N–H and O–H groups in total. The largest absolute Gasteiger partial charge is 0.338 e. The van der Waals surface area contributed by atoms with Gasteiger partial charge in [0.25, 0.3) is 0 Å². The Balaban J connectivity index is 3.76. The van der Waals surface area contributed by atoms with E-state index in [9.17, 15) is 0 Å². The van der Waals surface area contributed by atoms with Crippen LogP contribution in [0.2, 0.25) is 0 Å². The van der Waals surface area contributed by atoms with Gasteiger partial charge in [-0.3, -0.25) is 0 Å². The quantitative estimate of drug-likeness (QED) is 0.345. The SMILES string of the molecule is CCCCCC(Cl)(OCC)OCC. The molecule has 3 heteroatoms. The van der Waals surface area contributed by atoms with Crippen molar-refractivity contribution in [2.24, 2.45) is 0 Å². The lowest BCUT2D eigenvalue weighted by Crippen LogP contribution is -2.29. The van der Waals surface area contributed by atoms with E-state index >= 15 is 0 Å². The second kappa shape index (κ2) is 7.60. The molecule has 0 aromatic heterocycles. The summed E-state index contributed by atoms with van der Waals surface area (Å²) in [5.74, 6) is 0. The first kappa shape index (κ1) is 13.2. The van der Waals surface area contributed by atoms with E-state index < -0.39 is 5.25 Å². The molecule has 0 aromatic carbocycles. The second-order valence-corrected chi connectivity index (χ2v) is 3.56. The smallest absolute Gasteiger partial charge is 0.248 e. The highest BCUT2D eigenvalue weighted by Gasteiger charge is 2.27. The van der Waals surface area contributed by atoms with Gasteiger partial charge in [-0.05, 0) is 20.3 Å². The standard InChI is InChI=1S/C10H21ClO2/c1-4-7-8-9-10(11,12-5-2)13-6-3/h4-9H2,1-3H3. The van der Waals surface area contributed by atoms with E-state index in [0.29, 0.717) is 13.2 Å². The maximum atomic E-state index is 6.13. The van der Waals surface area contributed by atoms with Crippen LogP contribution in [0.1, 0.15) is 46.5 Å². The monoisotopic (exact) mass is 208 g/mol. The van der Waals surface area contributed by atoms with E-state index in [-0.39, 0.29) is 0 Å². The Kier molecular flexibility index (Phi) is 7.72. The van der Waals surface area contributed by atoms with Crippen molar-refractivity contribution < 1.29 is 9.47 Å². The van der Waals surface area contributed by atoms with Crippen LogP contribution in [-0.2, 0) is 9.47 Å². The molecule has 80 valence electrons.